The van der Waals surface area contributed by atoms with Crippen LogP contribution in [-0.2, 0) is 0 Å². The average molecular weight is 218 g/mol. The van der Waals surface area contributed by atoms with Gasteiger partial charge in [0.25, 0.3) is 0 Å². The minimum atomic E-state index is 0.720. The van der Waals surface area contributed by atoms with Gasteiger partial charge in [0.1, 0.15) is 0 Å². The van der Waals surface area contributed by atoms with Gasteiger partial charge in [0, 0.05) is 5.69 Å². The van der Waals surface area contributed by atoms with Crippen molar-refractivity contribution < 1.29 is 0 Å². The molecule has 1 aromatic carbocycles. The van der Waals surface area contributed by atoms with Crippen LogP contribution >= 0.6 is 0 Å². The summed E-state index contributed by atoms with van der Waals surface area (Å²) in [6.07, 6.45) is 6.46. The van der Waals surface area contributed by atoms with Gasteiger partial charge in [0.05, 0.1) is 0 Å². The third kappa shape index (κ3) is 2.76. The van der Waals surface area contributed by atoms with Gasteiger partial charge in [-0.1, -0.05) is 12.1 Å². The third-order valence-electron chi connectivity index (χ3n) is 3.80. The fourth-order valence-electron chi connectivity index (χ4n) is 2.83. The number of nitrogens with two attached hydrogens (primary N) is 2. The standard InChI is InChI=1S/C14H22N2/c15-9-8-11-4-6-12(7-5-11)13-2-1-3-14(16)10-13/h1-3,10-12H,4-9,15-16H2. The van der Waals surface area contributed by atoms with E-state index in [1.54, 1.807) is 0 Å². The molecule has 2 nitrogen and oxygen atoms in total. The van der Waals surface area contributed by atoms with Crippen LogP contribution in [0.5, 0.6) is 0 Å². The largest absolute Gasteiger partial charge is 0.399 e. The molecule has 0 heterocycles. The molecule has 4 N–H and O–H groups in total. The Kier molecular flexibility index (Phi) is 3.83. The van der Waals surface area contributed by atoms with Gasteiger partial charge in [0.15, 0.2) is 0 Å². The van der Waals surface area contributed by atoms with Crippen molar-refractivity contribution in [3.8, 4) is 0 Å². The lowest BCUT2D eigenvalue weighted by Crippen LogP contribution is -2.16. The Morgan fingerprint density at radius 2 is 1.88 bits per heavy atom. The Balaban J connectivity index is 1.94. The van der Waals surface area contributed by atoms with Gasteiger partial charge >= 0.3 is 0 Å². The number of benzene rings is 1. The molecule has 0 saturated heterocycles. The number of hydrogen-bond donors (Lipinski definition) is 2. The summed E-state index contributed by atoms with van der Waals surface area (Å²) in [5, 5.41) is 0. The quantitative estimate of drug-likeness (QED) is 0.766. The molecule has 0 aromatic heterocycles. The summed E-state index contributed by atoms with van der Waals surface area (Å²) in [4.78, 5) is 0. The molecule has 1 aliphatic carbocycles. The summed E-state index contributed by atoms with van der Waals surface area (Å²) < 4.78 is 0. The maximum atomic E-state index is 5.82. The first kappa shape index (κ1) is 11.5. The van der Waals surface area contributed by atoms with Crippen molar-refractivity contribution >= 4 is 5.69 Å². The highest BCUT2D eigenvalue weighted by molar-refractivity contribution is 5.41. The molecule has 1 aromatic rings. The summed E-state index contributed by atoms with van der Waals surface area (Å²) in [6, 6.07) is 8.37. The highest BCUT2D eigenvalue weighted by Crippen LogP contribution is 2.37. The van der Waals surface area contributed by atoms with Crippen molar-refractivity contribution in [3.63, 3.8) is 0 Å². The van der Waals surface area contributed by atoms with E-state index in [1.807, 2.05) is 6.07 Å². The molecule has 0 aliphatic heterocycles. The summed E-state index contributed by atoms with van der Waals surface area (Å²) >= 11 is 0. The van der Waals surface area contributed by atoms with E-state index in [0.717, 1.165) is 24.1 Å². The topological polar surface area (TPSA) is 52.0 Å². The molecule has 88 valence electrons. The number of anilines is 1. The first-order valence-corrected chi connectivity index (χ1v) is 6.35. The minimum absolute atomic E-state index is 0.720. The van der Waals surface area contributed by atoms with Crippen LogP contribution in [0.25, 0.3) is 0 Å². The molecule has 1 saturated carbocycles. The molecule has 1 aliphatic rings. The molecule has 0 spiro atoms. The van der Waals surface area contributed by atoms with Crippen molar-refractivity contribution in [2.45, 2.75) is 38.0 Å². The first-order valence-electron chi connectivity index (χ1n) is 6.35. The van der Waals surface area contributed by atoms with E-state index < -0.39 is 0 Å². The zero-order valence-electron chi connectivity index (χ0n) is 9.86. The molecule has 0 atom stereocenters. The van der Waals surface area contributed by atoms with E-state index in [2.05, 4.69) is 18.2 Å². The average Bonchev–Trinajstić information content (AvgIpc) is 2.30. The number of rotatable bonds is 3. The highest BCUT2D eigenvalue weighted by atomic mass is 14.5. The van der Waals surface area contributed by atoms with Crippen LogP contribution in [0, 0.1) is 5.92 Å². The van der Waals surface area contributed by atoms with Crippen LogP contribution in [0.15, 0.2) is 24.3 Å². The second-order valence-corrected chi connectivity index (χ2v) is 4.97. The Labute approximate surface area is 98.0 Å². The fourth-order valence-corrected chi connectivity index (χ4v) is 2.83. The summed E-state index contributed by atoms with van der Waals surface area (Å²) in [5.74, 6) is 1.58. The van der Waals surface area contributed by atoms with Crippen molar-refractivity contribution in [1.82, 2.24) is 0 Å². The molecule has 0 radical (unpaired) electrons. The minimum Gasteiger partial charge on any atom is -0.399 e. The number of hydrogen-bond acceptors (Lipinski definition) is 2. The molecular weight excluding hydrogens is 196 g/mol. The zero-order chi connectivity index (χ0) is 11.4. The molecule has 0 bridgehead atoms. The van der Waals surface area contributed by atoms with Crippen LogP contribution in [0.2, 0.25) is 0 Å². The van der Waals surface area contributed by atoms with Gasteiger partial charge in [-0.2, -0.15) is 0 Å². The summed E-state index contributed by atoms with van der Waals surface area (Å²) in [7, 11) is 0. The van der Waals surface area contributed by atoms with Crippen molar-refractivity contribution in [2.75, 3.05) is 12.3 Å². The Bertz CT molecular complexity index is 327. The van der Waals surface area contributed by atoms with Gasteiger partial charge in [-0.05, 0) is 68.2 Å². The van der Waals surface area contributed by atoms with Gasteiger partial charge in [-0.3, -0.25) is 0 Å². The first-order chi connectivity index (χ1) is 7.79. The second-order valence-electron chi connectivity index (χ2n) is 4.97. The monoisotopic (exact) mass is 218 g/mol. The SMILES string of the molecule is NCCC1CCC(c2cccc(N)c2)CC1. The van der Waals surface area contributed by atoms with Gasteiger partial charge in [-0.25, -0.2) is 0 Å². The maximum Gasteiger partial charge on any atom is 0.0316 e. The number of nitrogen functional groups attached to an aromatic ring is 1. The van der Waals surface area contributed by atoms with E-state index in [1.165, 1.54) is 37.7 Å². The van der Waals surface area contributed by atoms with Gasteiger partial charge in [-0.15, -0.1) is 0 Å². The zero-order valence-corrected chi connectivity index (χ0v) is 9.86. The lowest BCUT2D eigenvalue weighted by Gasteiger charge is -2.28. The molecule has 1 fully saturated rings. The van der Waals surface area contributed by atoms with Crippen LogP contribution in [0.3, 0.4) is 0 Å². The Morgan fingerprint density at radius 1 is 1.12 bits per heavy atom. The molecular formula is C14H22N2. The van der Waals surface area contributed by atoms with E-state index in [4.69, 9.17) is 11.5 Å². The van der Waals surface area contributed by atoms with E-state index in [-0.39, 0.29) is 0 Å². The van der Waals surface area contributed by atoms with Crippen LogP contribution < -0.4 is 11.5 Å². The van der Waals surface area contributed by atoms with Crippen LogP contribution in [-0.4, -0.2) is 6.54 Å². The van der Waals surface area contributed by atoms with Gasteiger partial charge in [0.2, 0.25) is 0 Å². The molecule has 2 heteroatoms. The Hall–Kier alpha value is -1.02. The molecule has 2 rings (SSSR count). The summed E-state index contributed by atoms with van der Waals surface area (Å²) in [5.41, 5.74) is 13.7. The smallest absolute Gasteiger partial charge is 0.0316 e. The fraction of sp³-hybridized carbons (Fsp3) is 0.571. The lowest BCUT2D eigenvalue weighted by molar-refractivity contribution is 0.313. The maximum absolute atomic E-state index is 5.82. The third-order valence-corrected chi connectivity index (χ3v) is 3.80. The Morgan fingerprint density at radius 3 is 2.50 bits per heavy atom. The van der Waals surface area contributed by atoms with Crippen molar-refractivity contribution in [3.05, 3.63) is 29.8 Å². The molecule has 0 amide bonds. The van der Waals surface area contributed by atoms with Gasteiger partial charge < -0.3 is 11.5 Å². The lowest BCUT2D eigenvalue weighted by atomic mass is 9.77. The molecule has 16 heavy (non-hydrogen) atoms. The second kappa shape index (κ2) is 5.35. The van der Waals surface area contributed by atoms with Crippen molar-refractivity contribution in [2.24, 2.45) is 11.7 Å². The van der Waals surface area contributed by atoms with Crippen LogP contribution in [0.4, 0.5) is 5.69 Å². The predicted octanol–water partition coefficient (Wildman–Crippen LogP) is 2.89. The van der Waals surface area contributed by atoms with Crippen LogP contribution in [0.1, 0.15) is 43.6 Å². The highest BCUT2D eigenvalue weighted by Gasteiger charge is 2.21. The molecule has 0 unspecified atom stereocenters. The van der Waals surface area contributed by atoms with Crippen molar-refractivity contribution in [1.29, 1.82) is 0 Å². The van der Waals surface area contributed by atoms with E-state index >= 15 is 0 Å². The predicted molar refractivity (Wildman–Crippen MR) is 69.2 cm³/mol. The normalized spacial score (nSPS) is 25.6. The van der Waals surface area contributed by atoms with E-state index in [9.17, 15) is 0 Å². The summed E-state index contributed by atoms with van der Waals surface area (Å²) in [6.45, 7) is 0.841. The van der Waals surface area contributed by atoms with E-state index in [0.29, 0.717) is 0 Å².